The monoisotopic (exact) mass is 247 g/mol. The highest BCUT2D eigenvalue weighted by Gasteiger charge is 2.22. The van der Waals surface area contributed by atoms with Crippen LogP contribution in [0, 0.1) is 5.92 Å². The van der Waals surface area contributed by atoms with Gasteiger partial charge in [0.05, 0.1) is 6.10 Å². The average Bonchev–Trinajstić information content (AvgIpc) is 2.56. The standard InChI is InChI=1S/C16H25NO/c1-17(12-14-8-4-2-5-9-14)13-15-10-6-3-7-11-16(15)18/h2,4-5,8-9,15-16,18H,3,6-7,10-13H2,1H3. The van der Waals surface area contributed by atoms with Crippen molar-refractivity contribution in [1.82, 2.24) is 4.90 Å². The van der Waals surface area contributed by atoms with Crippen molar-refractivity contribution in [3.63, 3.8) is 0 Å². The summed E-state index contributed by atoms with van der Waals surface area (Å²) < 4.78 is 0. The molecular weight excluding hydrogens is 222 g/mol. The number of nitrogens with zero attached hydrogens (tertiary/aromatic N) is 1. The molecule has 1 N–H and O–H groups in total. The molecule has 0 aliphatic heterocycles. The van der Waals surface area contributed by atoms with Crippen molar-refractivity contribution in [3.8, 4) is 0 Å². The van der Waals surface area contributed by atoms with Gasteiger partial charge in [-0.05, 0) is 31.4 Å². The fourth-order valence-corrected chi connectivity index (χ4v) is 2.94. The topological polar surface area (TPSA) is 23.5 Å². The third-order valence-electron chi connectivity index (χ3n) is 3.96. The lowest BCUT2D eigenvalue weighted by Crippen LogP contribution is -2.32. The lowest BCUT2D eigenvalue weighted by Gasteiger charge is -2.26. The van der Waals surface area contributed by atoms with Gasteiger partial charge in [0.2, 0.25) is 0 Å². The molecule has 0 radical (unpaired) electrons. The molecule has 18 heavy (non-hydrogen) atoms. The van der Waals surface area contributed by atoms with E-state index in [4.69, 9.17) is 0 Å². The predicted molar refractivity (Wildman–Crippen MR) is 75.4 cm³/mol. The van der Waals surface area contributed by atoms with Gasteiger partial charge in [0.15, 0.2) is 0 Å². The lowest BCUT2D eigenvalue weighted by molar-refractivity contribution is 0.0780. The number of aliphatic hydroxyl groups excluding tert-OH is 1. The van der Waals surface area contributed by atoms with E-state index >= 15 is 0 Å². The first kappa shape index (κ1) is 13.6. The molecular formula is C16H25NO. The smallest absolute Gasteiger partial charge is 0.0580 e. The molecule has 1 fully saturated rings. The normalized spacial score (nSPS) is 25.1. The van der Waals surface area contributed by atoms with Crippen molar-refractivity contribution in [3.05, 3.63) is 35.9 Å². The van der Waals surface area contributed by atoms with Gasteiger partial charge in [-0.25, -0.2) is 0 Å². The van der Waals surface area contributed by atoms with Gasteiger partial charge in [-0.3, -0.25) is 0 Å². The zero-order valence-corrected chi connectivity index (χ0v) is 11.4. The fourth-order valence-electron chi connectivity index (χ4n) is 2.94. The van der Waals surface area contributed by atoms with E-state index in [0.717, 1.165) is 19.5 Å². The van der Waals surface area contributed by atoms with Gasteiger partial charge in [0.1, 0.15) is 0 Å². The summed E-state index contributed by atoms with van der Waals surface area (Å²) in [5, 5.41) is 10.1. The van der Waals surface area contributed by atoms with Gasteiger partial charge in [-0.1, -0.05) is 49.6 Å². The molecule has 0 amide bonds. The molecule has 1 aromatic carbocycles. The molecule has 2 unspecified atom stereocenters. The molecule has 1 aliphatic rings. The number of rotatable bonds is 4. The van der Waals surface area contributed by atoms with Crippen molar-refractivity contribution >= 4 is 0 Å². The first-order chi connectivity index (χ1) is 8.75. The van der Waals surface area contributed by atoms with E-state index in [1.807, 2.05) is 0 Å². The maximum absolute atomic E-state index is 10.1. The third kappa shape index (κ3) is 4.11. The van der Waals surface area contributed by atoms with Gasteiger partial charge in [0, 0.05) is 13.1 Å². The summed E-state index contributed by atoms with van der Waals surface area (Å²) in [4.78, 5) is 2.34. The van der Waals surface area contributed by atoms with Gasteiger partial charge < -0.3 is 10.0 Å². The summed E-state index contributed by atoms with van der Waals surface area (Å²) in [5.41, 5.74) is 1.35. The van der Waals surface area contributed by atoms with Crippen molar-refractivity contribution in [2.24, 2.45) is 5.92 Å². The van der Waals surface area contributed by atoms with Crippen LogP contribution >= 0.6 is 0 Å². The van der Waals surface area contributed by atoms with Crippen molar-refractivity contribution < 1.29 is 5.11 Å². The molecule has 0 bridgehead atoms. The Hall–Kier alpha value is -0.860. The van der Waals surface area contributed by atoms with E-state index in [1.54, 1.807) is 0 Å². The quantitative estimate of drug-likeness (QED) is 0.827. The second kappa shape index (κ2) is 6.91. The van der Waals surface area contributed by atoms with E-state index in [2.05, 4.69) is 42.3 Å². The van der Waals surface area contributed by atoms with Crippen LogP contribution in [0.4, 0.5) is 0 Å². The minimum atomic E-state index is -0.0919. The number of aliphatic hydroxyl groups is 1. The molecule has 2 nitrogen and oxygen atoms in total. The van der Waals surface area contributed by atoms with Crippen LogP contribution in [0.1, 0.15) is 37.7 Å². The van der Waals surface area contributed by atoms with Crippen molar-refractivity contribution in [1.29, 1.82) is 0 Å². The molecule has 1 aliphatic carbocycles. The Morgan fingerprint density at radius 3 is 2.61 bits per heavy atom. The zero-order valence-electron chi connectivity index (χ0n) is 11.4. The zero-order chi connectivity index (χ0) is 12.8. The molecule has 2 rings (SSSR count). The largest absolute Gasteiger partial charge is 0.393 e. The van der Waals surface area contributed by atoms with Crippen LogP contribution in [0.5, 0.6) is 0 Å². The molecule has 0 heterocycles. The first-order valence-corrected chi connectivity index (χ1v) is 7.16. The summed E-state index contributed by atoms with van der Waals surface area (Å²) in [7, 11) is 2.16. The SMILES string of the molecule is CN(Cc1ccccc1)CC1CCCCCC1O. The van der Waals surface area contributed by atoms with Crippen LogP contribution in [0.15, 0.2) is 30.3 Å². The first-order valence-electron chi connectivity index (χ1n) is 7.16. The van der Waals surface area contributed by atoms with Crippen LogP contribution in [0.25, 0.3) is 0 Å². The van der Waals surface area contributed by atoms with Crippen molar-refractivity contribution in [2.45, 2.75) is 44.8 Å². The molecule has 1 saturated carbocycles. The van der Waals surface area contributed by atoms with E-state index in [0.29, 0.717) is 5.92 Å². The molecule has 0 saturated heterocycles. The highest BCUT2D eigenvalue weighted by molar-refractivity contribution is 5.14. The third-order valence-corrected chi connectivity index (χ3v) is 3.96. The molecule has 0 aromatic heterocycles. The second-order valence-electron chi connectivity index (χ2n) is 5.65. The minimum absolute atomic E-state index is 0.0919. The number of benzene rings is 1. The Balaban J connectivity index is 1.84. The van der Waals surface area contributed by atoms with Crippen LogP contribution in [0.3, 0.4) is 0 Å². The van der Waals surface area contributed by atoms with Gasteiger partial charge in [-0.2, -0.15) is 0 Å². The molecule has 1 aromatic rings. The summed E-state index contributed by atoms with van der Waals surface area (Å²) in [6.45, 7) is 1.99. The summed E-state index contributed by atoms with van der Waals surface area (Å²) in [6.07, 6.45) is 5.84. The molecule has 0 spiro atoms. The van der Waals surface area contributed by atoms with Gasteiger partial charge in [0.25, 0.3) is 0 Å². The Kier molecular flexibility index (Phi) is 5.21. The Morgan fingerprint density at radius 2 is 1.83 bits per heavy atom. The highest BCUT2D eigenvalue weighted by atomic mass is 16.3. The number of hydrogen-bond donors (Lipinski definition) is 1. The van der Waals surface area contributed by atoms with Crippen LogP contribution in [-0.4, -0.2) is 29.7 Å². The maximum Gasteiger partial charge on any atom is 0.0580 e. The summed E-state index contributed by atoms with van der Waals surface area (Å²) >= 11 is 0. The van der Waals surface area contributed by atoms with Gasteiger partial charge in [-0.15, -0.1) is 0 Å². The van der Waals surface area contributed by atoms with E-state index < -0.39 is 0 Å². The average molecular weight is 247 g/mol. The minimum Gasteiger partial charge on any atom is -0.393 e. The Bertz CT molecular complexity index is 338. The van der Waals surface area contributed by atoms with Gasteiger partial charge >= 0.3 is 0 Å². The van der Waals surface area contributed by atoms with Crippen LogP contribution < -0.4 is 0 Å². The molecule has 2 heteroatoms. The number of hydrogen-bond acceptors (Lipinski definition) is 2. The second-order valence-corrected chi connectivity index (χ2v) is 5.65. The Labute approximate surface area is 111 Å². The van der Waals surface area contributed by atoms with Crippen LogP contribution in [0.2, 0.25) is 0 Å². The maximum atomic E-state index is 10.1. The van der Waals surface area contributed by atoms with E-state index in [1.165, 1.54) is 31.2 Å². The molecule has 100 valence electrons. The van der Waals surface area contributed by atoms with E-state index in [-0.39, 0.29) is 6.10 Å². The Morgan fingerprint density at radius 1 is 1.11 bits per heavy atom. The molecule has 2 atom stereocenters. The van der Waals surface area contributed by atoms with Crippen molar-refractivity contribution in [2.75, 3.05) is 13.6 Å². The fraction of sp³-hybridized carbons (Fsp3) is 0.625. The predicted octanol–water partition coefficient (Wildman–Crippen LogP) is 3.06. The highest BCUT2D eigenvalue weighted by Crippen LogP contribution is 2.24. The lowest BCUT2D eigenvalue weighted by atomic mass is 9.96. The summed E-state index contributed by atoms with van der Waals surface area (Å²) in [5.74, 6) is 0.459. The summed E-state index contributed by atoms with van der Waals surface area (Å²) in [6, 6.07) is 10.6. The van der Waals surface area contributed by atoms with E-state index in [9.17, 15) is 5.11 Å². The van der Waals surface area contributed by atoms with Crippen LogP contribution in [-0.2, 0) is 6.54 Å².